The van der Waals surface area contributed by atoms with Crippen molar-refractivity contribution in [3.8, 4) is 0 Å². The van der Waals surface area contributed by atoms with Gasteiger partial charge >= 0.3 is 0 Å². The van der Waals surface area contributed by atoms with Crippen LogP contribution in [0.25, 0.3) is 17.0 Å². The van der Waals surface area contributed by atoms with Gasteiger partial charge in [-0.1, -0.05) is 56.1 Å². The van der Waals surface area contributed by atoms with Crippen LogP contribution in [0.2, 0.25) is 0 Å². The minimum atomic E-state index is -0.0854. The lowest BCUT2D eigenvalue weighted by atomic mass is 10.0. The van der Waals surface area contributed by atoms with Gasteiger partial charge in [0, 0.05) is 23.0 Å². The summed E-state index contributed by atoms with van der Waals surface area (Å²) in [6, 6.07) is 8.42. The zero-order valence-electron chi connectivity index (χ0n) is 7.93. The third kappa shape index (κ3) is 1.58. The zero-order chi connectivity index (χ0) is 10.5. The maximum absolute atomic E-state index is 3.65. The molecule has 0 saturated carbocycles. The van der Waals surface area contributed by atoms with Gasteiger partial charge in [-0.05, 0) is 17.7 Å². The fraction of sp³-hybridized carbons (Fsp3) is 0.167. The van der Waals surface area contributed by atoms with E-state index in [-0.39, 0.29) is 3.23 Å². The number of halogens is 2. The van der Waals surface area contributed by atoms with Crippen molar-refractivity contribution in [2.75, 3.05) is 0 Å². The Balaban J connectivity index is 2.29. The summed E-state index contributed by atoms with van der Waals surface area (Å²) in [4.78, 5) is 3.43. The second-order valence-corrected chi connectivity index (χ2v) is 7.73. The first kappa shape index (κ1) is 9.67. The molecule has 3 heteroatoms. The van der Waals surface area contributed by atoms with Gasteiger partial charge in [-0.25, -0.2) is 0 Å². The smallest absolute Gasteiger partial charge is 0.103 e. The van der Waals surface area contributed by atoms with E-state index in [0.717, 1.165) is 6.42 Å². The average molecular weight is 327 g/mol. The minimum absolute atomic E-state index is 0.0854. The molecule has 76 valence electrons. The monoisotopic (exact) mass is 325 g/mol. The molecule has 0 fully saturated rings. The van der Waals surface area contributed by atoms with Crippen molar-refractivity contribution in [3.63, 3.8) is 0 Å². The number of para-hydroxylation sites is 1. The van der Waals surface area contributed by atoms with E-state index in [1.165, 1.54) is 22.2 Å². The van der Waals surface area contributed by atoms with E-state index >= 15 is 0 Å². The molecule has 1 aliphatic carbocycles. The number of hydrogen-bond donors (Lipinski definition) is 1. The Bertz CT molecular complexity index is 552. The van der Waals surface area contributed by atoms with Crippen molar-refractivity contribution in [1.29, 1.82) is 0 Å². The van der Waals surface area contributed by atoms with Crippen molar-refractivity contribution < 1.29 is 0 Å². The van der Waals surface area contributed by atoms with Crippen molar-refractivity contribution in [2.24, 2.45) is 0 Å². The lowest BCUT2D eigenvalue weighted by molar-refractivity contribution is 0.984. The number of nitrogens with one attached hydrogen (secondary N) is 1. The Kier molecular flexibility index (Phi) is 2.08. The van der Waals surface area contributed by atoms with E-state index in [2.05, 4.69) is 73.3 Å². The second kappa shape index (κ2) is 3.22. The summed E-state index contributed by atoms with van der Waals surface area (Å²) in [5.41, 5.74) is 3.82. The number of hydrogen-bond acceptors (Lipinski definition) is 0. The Hall–Kier alpha value is -0.540. The number of aromatic nitrogens is 1. The van der Waals surface area contributed by atoms with Crippen molar-refractivity contribution in [1.82, 2.24) is 4.98 Å². The molecule has 0 unspecified atom stereocenters. The highest BCUT2D eigenvalue weighted by Gasteiger charge is 2.26. The van der Waals surface area contributed by atoms with Crippen LogP contribution in [0.5, 0.6) is 0 Å². The Morgan fingerprint density at radius 1 is 1.20 bits per heavy atom. The highest BCUT2D eigenvalue weighted by molar-refractivity contribution is 9.25. The van der Waals surface area contributed by atoms with Gasteiger partial charge in [-0.15, -0.1) is 0 Å². The SMILES string of the molecule is BrC1(Br)C=Cc2[nH]c3ccccc3c2C1. The van der Waals surface area contributed by atoms with Gasteiger partial charge in [-0.3, -0.25) is 0 Å². The molecule has 1 nitrogen and oxygen atoms in total. The number of alkyl halides is 2. The summed E-state index contributed by atoms with van der Waals surface area (Å²) >= 11 is 7.30. The summed E-state index contributed by atoms with van der Waals surface area (Å²) in [6.07, 6.45) is 5.22. The van der Waals surface area contributed by atoms with E-state index < -0.39 is 0 Å². The van der Waals surface area contributed by atoms with Crippen molar-refractivity contribution in [2.45, 2.75) is 9.65 Å². The molecule has 1 aromatic heterocycles. The molecule has 3 rings (SSSR count). The molecule has 1 aliphatic rings. The predicted octanol–water partition coefficient (Wildman–Crippen LogP) is 4.22. The number of benzene rings is 1. The molecule has 1 N–H and O–H groups in total. The summed E-state index contributed by atoms with van der Waals surface area (Å²) in [7, 11) is 0. The van der Waals surface area contributed by atoms with Gasteiger partial charge in [0.15, 0.2) is 0 Å². The Morgan fingerprint density at radius 2 is 2.00 bits per heavy atom. The highest BCUT2D eigenvalue weighted by atomic mass is 79.9. The van der Waals surface area contributed by atoms with Gasteiger partial charge in [-0.2, -0.15) is 0 Å². The number of aromatic amines is 1. The first-order valence-electron chi connectivity index (χ1n) is 4.82. The lowest BCUT2D eigenvalue weighted by Crippen LogP contribution is -2.14. The molecule has 0 atom stereocenters. The molecule has 0 amide bonds. The third-order valence-corrected chi connectivity index (χ3v) is 3.84. The Morgan fingerprint density at radius 3 is 2.87 bits per heavy atom. The van der Waals surface area contributed by atoms with Crippen LogP contribution < -0.4 is 0 Å². The first-order chi connectivity index (χ1) is 7.16. The zero-order valence-corrected chi connectivity index (χ0v) is 11.1. The van der Waals surface area contributed by atoms with E-state index in [4.69, 9.17) is 0 Å². The maximum Gasteiger partial charge on any atom is 0.103 e. The van der Waals surface area contributed by atoms with Crippen LogP contribution in [0, 0.1) is 0 Å². The minimum Gasteiger partial charge on any atom is -0.355 e. The van der Waals surface area contributed by atoms with E-state index in [9.17, 15) is 0 Å². The fourth-order valence-corrected chi connectivity index (χ4v) is 2.88. The van der Waals surface area contributed by atoms with Crippen LogP contribution in [-0.4, -0.2) is 8.22 Å². The summed E-state index contributed by atoms with van der Waals surface area (Å²) in [6.45, 7) is 0. The molecular formula is C12H9Br2N. The molecule has 1 heterocycles. The fourth-order valence-electron chi connectivity index (χ4n) is 2.05. The molecular weight excluding hydrogens is 318 g/mol. The number of rotatable bonds is 0. The number of H-pyrrole nitrogens is 1. The van der Waals surface area contributed by atoms with E-state index in [1.54, 1.807) is 0 Å². The quantitative estimate of drug-likeness (QED) is 0.697. The normalized spacial score (nSPS) is 18.0. The van der Waals surface area contributed by atoms with E-state index in [1.807, 2.05) is 0 Å². The molecule has 15 heavy (non-hydrogen) atoms. The van der Waals surface area contributed by atoms with Gasteiger partial charge in [0.2, 0.25) is 0 Å². The molecule has 0 bridgehead atoms. The van der Waals surface area contributed by atoms with Crippen LogP contribution in [0.1, 0.15) is 11.3 Å². The number of fused-ring (bicyclic) bond motifs is 3. The Labute approximate surface area is 105 Å². The van der Waals surface area contributed by atoms with Crippen molar-refractivity contribution in [3.05, 3.63) is 41.6 Å². The van der Waals surface area contributed by atoms with Crippen LogP contribution in [0.3, 0.4) is 0 Å². The molecule has 2 aromatic rings. The molecule has 0 radical (unpaired) electrons. The van der Waals surface area contributed by atoms with Crippen LogP contribution in [-0.2, 0) is 6.42 Å². The van der Waals surface area contributed by atoms with Gasteiger partial charge in [0.25, 0.3) is 0 Å². The van der Waals surface area contributed by atoms with Gasteiger partial charge in [0.05, 0.1) is 0 Å². The molecule has 0 aliphatic heterocycles. The highest BCUT2D eigenvalue weighted by Crippen LogP contribution is 2.40. The predicted molar refractivity (Wildman–Crippen MR) is 71.6 cm³/mol. The summed E-state index contributed by atoms with van der Waals surface area (Å²) in [5, 5.41) is 1.32. The topological polar surface area (TPSA) is 15.8 Å². The summed E-state index contributed by atoms with van der Waals surface area (Å²) < 4.78 is -0.0854. The standard InChI is InChI=1S/C12H9Br2N/c13-12(14)6-5-11-9(7-12)8-3-1-2-4-10(8)15-11/h1-6,15H,7H2. The maximum atomic E-state index is 3.65. The lowest BCUT2D eigenvalue weighted by Gasteiger charge is -2.20. The largest absolute Gasteiger partial charge is 0.355 e. The van der Waals surface area contributed by atoms with Gasteiger partial charge < -0.3 is 4.98 Å². The average Bonchev–Trinajstić information content (AvgIpc) is 2.55. The molecule has 0 spiro atoms. The second-order valence-electron chi connectivity index (χ2n) is 3.83. The molecule has 0 saturated heterocycles. The van der Waals surface area contributed by atoms with Crippen LogP contribution in [0.4, 0.5) is 0 Å². The third-order valence-electron chi connectivity index (χ3n) is 2.75. The van der Waals surface area contributed by atoms with Crippen LogP contribution in [0.15, 0.2) is 30.3 Å². The van der Waals surface area contributed by atoms with Gasteiger partial charge in [0.1, 0.15) is 3.23 Å². The summed E-state index contributed by atoms with van der Waals surface area (Å²) in [5.74, 6) is 0. The number of allylic oxidation sites excluding steroid dienone is 1. The van der Waals surface area contributed by atoms with Crippen LogP contribution >= 0.6 is 31.9 Å². The van der Waals surface area contributed by atoms with Crippen molar-refractivity contribution >= 4 is 48.8 Å². The van der Waals surface area contributed by atoms with E-state index in [0.29, 0.717) is 0 Å². The first-order valence-corrected chi connectivity index (χ1v) is 6.41. The molecule has 1 aromatic carbocycles.